The maximum Gasteiger partial charge on any atom is 0.282 e. The molecule has 0 spiro atoms. The van der Waals surface area contributed by atoms with Gasteiger partial charge in [-0.2, -0.15) is 0 Å². The number of amides is 1. The minimum Gasteiger partial charge on any atom is -0.266 e. The lowest BCUT2D eigenvalue weighted by Crippen LogP contribution is -2.15. The van der Waals surface area contributed by atoms with E-state index in [2.05, 4.69) is 16.4 Å². The summed E-state index contributed by atoms with van der Waals surface area (Å²) in [6.45, 7) is 0. The lowest BCUT2D eigenvalue weighted by Gasteiger charge is -1.93. The highest BCUT2D eigenvalue weighted by Gasteiger charge is 2.02. The highest BCUT2D eigenvalue weighted by atomic mass is 32.1. The van der Waals surface area contributed by atoms with Gasteiger partial charge in [-0.3, -0.25) is 4.79 Å². The number of allylic oxidation sites excluding steroid dienone is 1. The normalized spacial score (nSPS) is 9.33. The summed E-state index contributed by atoms with van der Waals surface area (Å²) in [6.07, 6.45) is 2.53. The molecule has 0 fully saturated rings. The van der Waals surface area contributed by atoms with Gasteiger partial charge in [-0.25, -0.2) is 5.43 Å². The van der Waals surface area contributed by atoms with E-state index in [1.54, 1.807) is 12.1 Å². The molecule has 1 N–H and O–H groups in total. The molecule has 4 heteroatoms. The van der Waals surface area contributed by atoms with Gasteiger partial charge in [0.05, 0.1) is 4.88 Å². The van der Waals surface area contributed by atoms with Crippen LogP contribution < -0.4 is 5.43 Å². The van der Waals surface area contributed by atoms with E-state index in [0.717, 1.165) is 6.42 Å². The van der Waals surface area contributed by atoms with Crippen LogP contribution in [0.25, 0.3) is 0 Å². The summed E-state index contributed by atoms with van der Waals surface area (Å²) in [6, 6.07) is 13.6. The first-order chi connectivity index (χ1) is 8.86. The van der Waals surface area contributed by atoms with Crippen LogP contribution in [0.5, 0.6) is 0 Å². The third-order valence-corrected chi connectivity index (χ3v) is 3.11. The van der Waals surface area contributed by atoms with Crippen molar-refractivity contribution < 1.29 is 4.79 Å². The first-order valence-electron chi connectivity index (χ1n) is 5.51. The standard InChI is InChI=1S/C14H12N2OS/c17-14(13-9-5-11-18-13)16-15-10-4-8-12-6-2-1-3-7-12/h1-7,9,11H,8H2,(H,16,17). The quantitative estimate of drug-likeness (QED) is 0.663. The van der Waals surface area contributed by atoms with Crippen LogP contribution in [0.2, 0.25) is 0 Å². The minimum absolute atomic E-state index is 0.203. The van der Waals surface area contributed by atoms with Gasteiger partial charge in [0.2, 0.25) is 0 Å². The molecule has 0 saturated heterocycles. The van der Waals surface area contributed by atoms with Crippen molar-refractivity contribution in [3.05, 3.63) is 64.4 Å². The van der Waals surface area contributed by atoms with Crippen molar-refractivity contribution in [1.82, 2.24) is 5.43 Å². The van der Waals surface area contributed by atoms with Crippen LogP contribution in [0.3, 0.4) is 0 Å². The summed E-state index contributed by atoms with van der Waals surface area (Å²) in [7, 11) is 0. The predicted molar refractivity (Wildman–Crippen MR) is 73.9 cm³/mol. The zero-order chi connectivity index (χ0) is 12.6. The third kappa shape index (κ3) is 3.70. The predicted octanol–water partition coefficient (Wildman–Crippen LogP) is 2.86. The molecule has 0 bridgehead atoms. The van der Waals surface area contributed by atoms with Crippen LogP contribution >= 0.6 is 11.3 Å². The van der Waals surface area contributed by atoms with E-state index < -0.39 is 0 Å². The lowest BCUT2D eigenvalue weighted by atomic mass is 10.2. The number of hydrazone groups is 1. The van der Waals surface area contributed by atoms with Crippen molar-refractivity contribution in [3.8, 4) is 0 Å². The van der Waals surface area contributed by atoms with Crippen LogP contribution in [-0.4, -0.2) is 11.8 Å². The highest BCUT2D eigenvalue weighted by Crippen LogP contribution is 2.07. The minimum atomic E-state index is -0.203. The largest absolute Gasteiger partial charge is 0.282 e. The Balaban J connectivity index is 1.83. The van der Waals surface area contributed by atoms with Gasteiger partial charge < -0.3 is 0 Å². The molecule has 0 aliphatic carbocycles. The van der Waals surface area contributed by atoms with E-state index >= 15 is 0 Å². The summed E-state index contributed by atoms with van der Waals surface area (Å²) in [5, 5.41) is 5.59. The van der Waals surface area contributed by atoms with Gasteiger partial charge >= 0.3 is 0 Å². The van der Waals surface area contributed by atoms with Crippen molar-refractivity contribution in [1.29, 1.82) is 0 Å². The zero-order valence-electron chi connectivity index (χ0n) is 9.67. The van der Waals surface area contributed by atoms with Crippen molar-refractivity contribution >= 4 is 23.1 Å². The highest BCUT2D eigenvalue weighted by molar-refractivity contribution is 7.12. The molecule has 90 valence electrons. The molecule has 1 heterocycles. The molecule has 0 unspecified atom stereocenters. The number of carbonyl (C=O) groups is 1. The Labute approximate surface area is 109 Å². The molecule has 2 aromatic rings. The van der Waals surface area contributed by atoms with Crippen LogP contribution in [0, 0.1) is 0 Å². The fourth-order valence-electron chi connectivity index (χ4n) is 1.37. The topological polar surface area (TPSA) is 41.5 Å². The maximum absolute atomic E-state index is 11.5. The Morgan fingerprint density at radius 3 is 2.83 bits per heavy atom. The van der Waals surface area contributed by atoms with Gasteiger partial charge in [-0.15, -0.1) is 16.4 Å². The number of rotatable bonds is 4. The number of thiophene rings is 1. The molecule has 18 heavy (non-hydrogen) atoms. The fourth-order valence-corrected chi connectivity index (χ4v) is 1.98. The fraction of sp³-hybridized carbons (Fsp3) is 0.0714. The second-order valence-corrected chi connectivity index (χ2v) is 4.50. The van der Waals surface area contributed by atoms with Crippen LogP contribution in [0.4, 0.5) is 0 Å². The number of benzene rings is 1. The zero-order valence-corrected chi connectivity index (χ0v) is 10.5. The van der Waals surface area contributed by atoms with Gasteiger partial charge in [-0.05, 0) is 29.5 Å². The lowest BCUT2D eigenvalue weighted by molar-refractivity contribution is 0.0959. The number of carbonyl (C=O) groups excluding carboxylic acids is 1. The van der Waals surface area contributed by atoms with Crippen LogP contribution in [0.15, 0.2) is 59.0 Å². The van der Waals surface area contributed by atoms with Gasteiger partial charge in [-0.1, -0.05) is 36.4 Å². The molecular weight excluding hydrogens is 244 g/mol. The van der Waals surface area contributed by atoms with Crippen molar-refractivity contribution in [3.63, 3.8) is 0 Å². The SMILES string of the molecule is O=C(NN=C=CCc1ccccc1)c1cccs1. The van der Waals surface area contributed by atoms with Crippen molar-refractivity contribution in [2.75, 3.05) is 0 Å². The Bertz CT molecular complexity index is 555. The van der Waals surface area contributed by atoms with Crippen molar-refractivity contribution in [2.24, 2.45) is 5.10 Å². The molecule has 0 radical (unpaired) electrons. The molecule has 1 amide bonds. The molecule has 0 aliphatic rings. The summed E-state index contributed by atoms with van der Waals surface area (Å²) in [5.74, 6) is 2.50. The van der Waals surface area contributed by atoms with E-state index in [9.17, 15) is 4.79 Å². The molecule has 1 aromatic heterocycles. The summed E-state index contributed by atoms with van der Waals surface area (Å²) in [4.78, 5) is 12.1. The smallest absolute Gasteiger partial charge is 0.266 e. The summed E-state index contributed by atoms with van der Waals surface area (Å²) in [5.41, 5.74) is 3.61. The second-order valence-electron chi connectivity index (χ2n) is 3.55. The molecule has 2 rings (SSSR count). The molecule has 1 aromatic carbocycles. The van der Waals surface area contributed by atoms with Gasteiger partial charge in [0.15, 0.2) is 0 Å². The third-order valence-electron chi connectivity index (χ3n) is 2.24. The van der Waals surface area contributed by atoms with Crippen molar-refractivity contribution in [2.45, 2.75) is 6.42 Å². The number of nitrogens with one attached hydrogen (secondary N) is 1. The number of nitrogens with zero attached hydrogens (tertiary/aromatic N) is 1. The number of hydrogen-bond acceptors (Lipinski definition) is 3. The Kier molecular flexibility index (Phi) is 4.47. The van der Waals surface area contributed by atoms with E-state index in [1.807, 2.05) is 41.8 Å². The molecule has 0 saturated carbocycles. The Morgan fingerprint density at radius 1 is 1.28 bits per heavy atom. The average molecular weight is 256 g/mol. The monoisotopic (exact) mass is 256 g/mol. The van der Waals surface area contributed by atoms with E-state index in [4.69, 9.17) is 0 Å². The first kappa shape index (κ1) is 12.3. The van der Waals surface area contributed by atoms with E-state index in [1.165, 1.54) is 16.9 Å². The Morgan fingerprint density at radius 2 is 2.11 bits per heavy atom. The molecule has 3 nitrogen and oxygen atoms in total. The van der Waals surface area contributed by atoms with Gasteiger partial charge in [0, 0.05) is 5.87 Å². The maximum atomic E-state index is 11.5. The van der Waals surface area contributed by atoms with Crippen LogP contribution in [0.1, 0.15) is 15.2 Å². The second kappa shape index (κ2) is 6.55. The Hall–Kier alpha value is -2.16. The summed E-state index contributed by atoms with van der Waals surface area (Å²) >= 11 is 1.38. The molecule has 0 aliphatic heterocycles. The van der Waals surface area contributed by atoms with Gasteiger partial charge in [0.1, 0.15) is 0 Å². The molecule has 0 atom stereocenters. The van der Waals surface area contributed by atoms with Crippen LogP contribution in [-0.2, 0) is 6.42 Å². The first-order valence-corrected chi connectivity index (χ1v) is 6.39. The number of hydrogen-bond donors (Lipinski definition) is 1. The van der Waals surface area contributed by atoms with E-state index in [-0.39, 0.29) is 5.91 Å². The summed E-state index contributed by atoms with van der Waals surface area (Å²) < 4.78 is 0. The molecular formula is C14H12N2OS. The van der Waals surface area contributed by atoms with Gasteiger partial charge in [0.25, 0.3) is 5.91 Å². The van der Waals surface area contributed by atoms with E-state index in [0.29, 0.717) is 4.88 Å². The average Bonchev–Trinajstić information content (AvgIpc) is 2.93.